The van der Waals surface area contributed by atoms with E-state index < -0.39 is 0 Å². The molecule has 1 aromatic rings. The summed E-state index contributed by atoms with van der Waals surface area (Å²) < 4.78 is 10.7. The van der Waals surface area contributed by atoms with E-state index >= 15 is 0 Å². The first-order valence-electron chi connectivity index (χ1n) is 9.37. The lowest BCUT2D eigenvalue weighted by atomic mass is 10.1. The van der Waals surface area contributed by atoms with Crippen molar-refractivity contribution in [1.29, 1.82) is 0 Å². The van der Waals surface area contributed by atoms with E-state index in [1.54, 1.807) is 14.2 Å². The molecule has 0 aromatic heterocycles. The van der Waals surface area contributed by atoms with Crippen molar-refractivity contribution in [3.05, 3.63) is 23.8 Å². The van der Waals surface area contributed by atoms with E-state index in [0.29, 0.717) is 6.04 Å². The van der Waals surface area contributed by atoms with Gasteiger partial charge in [-0.1, -0.05) is 19.9 Å². The molecular formula is C20H37IN4O2. The van der Waals surface area contributed by atoms with E-state index in [1.165, 1.54) is 5.56 Å². The van der Waals surface area contributed by atoms with Gasteiger partial charge in [-0.25, -0.2) is 0 Å². The van der Waals surface area contributed by atoms with Crippen LogP contribution in [-0.4, -0.2) is 76.3 Å². The molecule has 1 aromatic carbocycles. The summed E-state index contributed by atoms with van der Waals surface area (Å²) in [6.07, 6.45) is 0.906. The Balaban J connectivity index is 0.00000676. The Morgan fingerprint density at radius 3 is 2.30 bits per heavy atom. The molecule has 1 rings (SSSR count). The molecule has 6 nitrogen and oxygen atoms in total. The van der Waals surface area contributed by atoms with Gasteiger partial charge in [0.1, 0.15) is 0 Å². The summed E-state index contributed by atoms with van der Waals surface area (Å²) in [5, 5.41) is 3.48. The summed E-state index contributed by atoms with van der Waals surface area (Å²) in [4.78, 5) is 9.01. The Hall–Kier alpha value is -1.22. The highest BCUT2D eigenvalue weighted by molar-refractivity contribution is 14.0. The number of hydrogen-bond donors (Lipinski definition) is 1. The number of ether oxygens (including phenoxy) is 2. The van der Waals surface area contributed by atoms with Crippen molar-refractivity contribution in [1.82, 2.24) is 15.1 Å². The van der Waals surface area contributed by atoms with Crippen LogP contribution in [0.5, 0.6) is 11.5 Å². The highest BCUT2D eigenvalue weighted by atomic mass is 127. The maximum Gasteiger partial charge on any atom is 0.193 e. The van der Waals surface area contributed by atoms with E-state index in [2.05, 4.69) is 54.0 Å². The summed E-state index contributed by atoms with van der Waals surface area (Å²) in [6, 6.07) is 6.53. The van der Waals surface area contributed by atoms with Crippen molar-refractivity contribution >= 4 is 29.9 Å². The van der Waals surface area contributed by atoms with Crippen LogP contribution in [0, 0.1) is 0 Å². The van der Waals surface area contributed by atoms with Gasteiger partial charge in [-0.2, -0.15) is 0 Å². The zero-order chi connectivity index (χ0) is 19.5. The van der Waals surface area contributed by atoms with Gasteiger partial charge in [0.25, 0.3) is 0 Å². The molecule has 7 heteroatoms. The molecule has 0 spiro atoms. The van der Waals surface area contributed by atoms with Crippen LogP contribution in [0.1, 0.15) is 26.3 Å². The van der Waals surface area contributed by atoms with Crippen molar-refractivity contribution in [2.24, 2.45) is 4.99 Å². The number of benzene rings is 1. The first kappa shape index (κ1) is 25.8. The van der Waals surface area contributed by atoms with Crippen molar-refractivity contribution in [3.8, 4) is 11.5 Å². The summed E-state index contributed by atoms with van der Waals surface area (Å²) >= 11 is 0. The minimum Gasteiger partial charge on any atom is -0.493 e. The van der Waals surface area contributed by atoms with Gasteiger partial charge < -0.3 is 19.7 Å². The molecule has 0 aliphatic heterocycles. The second-order valence-electron chi connectivity index (χ2n) is 6.36. The second-order valence-corrected chi connectivity index (χ2v) is 6.36. The van der Waals surface area contributed by atoms with Crippen LogP contribution in [0.2, 0.25) is 0 Å². The van der Waals surface area contributed by atoms with E-state index in [-0.39, 0.29) is 24.0 Å². The third-order valence-electron chi connectivity index (χ3n) is 4.75. The fourth-order valence-corrected chi connectivity index (χ4v) is 3.04. The smallest absolute Gasteiger partial charge is 0.193 e. The van der Waals surface area contributed by atoms with Crippen molar-refractivity contribution < 1.29 is 9.47 Å². The minimum atomic E-state index is 0. The van der Waals surface area contributed by atoms with Gasteiger partial charge in [0, 0.05) is 33.2 Å². The number of nitrogens with zero attached hydrogens (tertiary/aromatic N) is 3. The van der Waals surface area contributed by atoms with Crippen LogP contribution >= 0.6 is 24.0 Å². The second kappa shape index (κ2) is 13.9. The molecule has 0 fully saturated rings. The largest absolute Gasteiger partial charge is 0.493 e. The number of nitrogens with one attached hydrogen (secondary N) is 1. The fraction of sp³-hybridized carbons (Fsp3) is 0.650. The summed E-state index contributed by atoms with van der Waals surface area (Å²) in [5.74, 6) is 2.44. The third kappa shape index (κ3) is 8.13. The van der Waals surface area contributed by atoms with Gasteiger partial charge in [-0.15, -0.1) is 24.0 Å². The average molecular weight is 492 g/mol. The Kier molecular flexibility index (Phi) is 13.2. The van der Waals surface area contributed by atoms with Crippen LogP contribution in [0.3, 0.4) is 0 Å². The van der Waals surface area contributed by atoms with E-state index in [1.807, 2.05) is 19.2 Å². The topological polar surface area (TPSA) is 49.3 Å². The quantitative estimate of drug-likeness (QED) is 0.309. The van der Waals surface area contributed by atoms with Crippen molar-refractivity contribution in [2.45, 2.75) is 33.2 Å². The molecule has 0 radical (unpaired) electrons. The molecule has 1 atom stereocenters. The van der Waals surface area contributed by atoms with Gasteiger partial charge in [0.2, 0.25) is 0 Å². The molecule has 0 heterocycles. The average Bonchev–Trinajstić information content (AvgIpc) is 2.67. The van der Waals surface area contributed by atoms with Crippen molar-refractivity contribution in [3.63, 3.8) is 0 Å². The molecule has 0 aliphatic carbocycles. The first-order valence-corrected chi connectivity index (χ1v) is 9.37. The molecule has 1 unspecified atom stereocenters. The number of guanidine groups is 1. The van der Waals surface area contributed by atoms with Crippen LogP contribution in [0.25, 0.3) is 0 Å². The normalized spacial score (nSPS) is 12.4. The maximum atomic E-state index is 5.38. The molecule has 0 aliphatic rings. The number of hydrogen-bond acceptors (Lipinski definition) is 4. The van der Waals surface area contributed by atoms with Gasteiger partial charge in [-0.05, 0) is 44.1 Å². The number of halogens is 1. The number of methoxy groups -OCH3 is 2. The van der Waals surface area contributed by atoms with E-state index in [9.17, 15) is 0 Å². The lowest BCUT2D eigenvalue weighted by Gasteiger charge is -2.29. The molecule has 0 amide bonds. The van der Waals surface area contributed by atoms with Crippen LogP contribution in [0.15, 0.2) is 23.2 Å². The Morgan fingerprint density at radius 1 is 1.15 bits per heavy atom. The standard InChI is InChI=1S/C20H36N4O2.HI/c1-8-24(9-2)16(3)15-22-20(21-4)23(5)13-12-17-10-11-18(25-6)19(14-17)26-7;/h10-11,14,16H,8-9,12-13,15H2,1-7H3,(H,21,22);1H. The van der Waals surface area contributed by atoms with Gasteiger partial charge in [0.05, 0.1) is 14.2 Å². The molecule has 0 saturated heterocycles. The zero-order valence-electron chi connectivity index (χ0n) is 17.9. The van der Waals surface area contributed by atoms with Crippen LogP contribution in [0.4, 0.5) is 0 Å². The molecule has 1 N–H and O–H groups in total. The van der Waals surface area contributed by atoms with Crippen LogP contribution < -0.4 is 14.8 Å². The summed E-state index contributed by atoms with van der Waals surface area (Å²) in [5.41, 5.74) is 1.21. The SMILES string of the molecule is CCN(CC)C(C)CNC(=NC)N(C)CCc1ccc(OC)c(OC)c1.I. The summed E-state index contributed by atoms with van der Waals surface area (Å²) in [7, 11) is 7.21. The minimum absolute atomic E-state index is 0. The Morgan fingerprint density at radius 2 is 1.78 bits per heavy atom. The van der Waals surface area contributed by atoms with Crippen molar-refractivity contribution in [2.75, 3.05) is 54.5 Å². The van der Waals surface area contributed by atoms with Gasteiger partial charge in [0.15, 0.2) is 17.5 Å². The van der Waals surface area contributed by atoms with E-state index in [4.69, 9.17) is 9.47 Å². The lowest BCUT2D eigenvalue weighted by molar-refractivity contribution is 0.230. The summed E-state index contributed by atoms with van der Waals surface area (Å²) in [6.45, 7) is 10.5. The molecule has 0 saturated carbocycles. The zero-order valence-corrected chi connectivity index (χ0v) is 20.2. The maximum absolute atomic E-state index is 5.38. The predicted molar refractivity (Wildman–Crippen MR) is 125 cm³/mol. The number of rotatable bonds is 10. The first-order chi connectivity index (χ1) is 12.5. The highest BCUT2D eigenvalue weighted by Crippen LogP contribution is 2.27. The molecule has 27 heavy (non-hydrogen) atoms. The molecule has 156 valence electrons. The Bertz CT molecular complexity index is 565. The number of likely N-dealkylation sites (N-methyl/N-ethyl adjacent to an activating group) is 2. The van der Waals surface area contributed by atoms with E-state index in [0.717, 1.165) is 50.1 Å². The monoisotopic (exact) mass is 492 g/mol. The number of aliphatic imine (C=N–C) groups is 1. The predicted octanol–water partition coefficient (Wildman–Crippen LogP) is 3.10. The molecule has 0 bridgehead atoms. The van der Waals surface area contributed by atoms with Gasteiger partial charge >= 0.3 is 0 Å². The van der Waals surface area contributed by atoms with Crippen LogP contribution in [-0.2, 0) is 6.42 Å². The third-order valence-corrected chi connectivity index (χ3v) is 4.75. The lowest BCUT2D eigenvalue weighted by Crippen LogP contribution is -2.46. The fourth-order valence-electron chi connectivity index (χ4n) is 3.04. The Labute approximate surface area is 182 Å². The van der Waals surface area contributed by atoms with Gasteiger partial charge in [-0.3, -0.25) is 9.89 Å². The molecular weight excluding hydrogens is 455 g/mol. The highest BCUT2D eigenvalue weighted by Gasteiger charge is 2.12.